The minimum absolute atomic E-state index is 0.157. The van der Waals surface area contributed by atoms with Gasteiger partial charge in [-0.25, -0.2) is 4.79 Å². The number of carbonyl (C=O) groups is 1. The number of benzene rings is 2. The monoisotopic (exact) mass is 418 g/mol. The highest BCUT2D eigenvalue weighted by Gasteiger charge is 2.10. The largest absolute Gasteiger partial charge is 0.489 e. The van der Waals surface area contributed by atoms with Gasteiger partial charge in [-0.3, -0.25) is 0 Å². The van der Waals surface area contributed by atoms with Crippen LogP contribution in [-0.4, -0.2) is 11.1 Å². The van der Waals surface area contributed by atoms with Crippen LogP contribution in [0.25, 0.3) is 0 Å². The fourth-order valence-electron chi connectivity index (χ4n) is 1.56. The Balaban J connectivity index is 2.15. The number of hydrogen-bond donors (Lipinski definition) is 1. The molecule has 0 heterocycles. The van der Waals surface area contributed by atoms with E-state index in [1.165, 1.54) is 6.07 Å². The molecule has 2 aromatic carbocycles. The highest BCUT2D eigenvalue weighted by molar-refractivity contribution is 9.10. The van der Waals surface area contributed by atoms with Crippen molar-refractivity contribution in [2.45, 2.75) is 6.61 Å². The average Bonchev–Trinajstić information content (AvgIpc) is 2.39. The van der Waals surface area contributed by atoms with Crippen molar-refractivity contribution >= 4 is 49.4 Å². The van der Waals surface area contributed by atoms with Gasteiger partial charge in [0.05, 0.1) is 5.56 Å². The van der Waals surface area contributed by atoms with Crippen molar-refractivity contribution in [1.82, 2.24) is 0 Å². The Morgan fingerprint density at radius 2 is 1.95 bits per heavy atom. The standard InChI is InChI=1S/C14H9Br2ClO3/c15-9-2-1-8(13(17)5-9)7-20-10-3-4-12(16)11(6-10)14(18)19/h1-6H,7H2,(H,18,19). The van der Waals surface area contributed by atoms with Crippen LogP contribution in [0.3, 0.4) is 0 Å². The lowest BCUT2D eigenvalue weighted by Gasteiger charge is -2.09. The van der Waals surface area contributed by atoms with Crippen molar-refractivity contribution in [3.8, 4) is 5.75 Å². The van der Waals surface area contributed by atoms with Crippen LogP contribution in [0.15, 0.2) is 45.3 Å². The Bertz CT molecular complexity index is 659. The van der Waals surface area contributed by atoms with Crippen LogP contribution in [0, 0.1) is 0 Å². The van der Waals surface area contributed by atoms with Gasteiger partial charge >= 0.3 is 5.97 Å². The van der Waals surface area contributed by atoms with Gasteiger partial charge in [-0.2, -0.15) is 0 Å². The summed E-state index contributed by atoms with van der Waals surface area (Å²) >= 11 is 12.6. The molecule has 1 N–H and O–H groups in total. The first kappa shape index (κ1) is 15.4. The van der Waals surface area contributed by atoms with Gasteiger partial charge in [-0.15, -0.1) is 0 Å². The van der Waals surface area contributed by atoms with E-state index in [1.54, 1.807) is 18.2 Å². The topological polar surface area (TPSA) is 46.5 Å². The first-order valence-corrected chi connectivity index (χ1v) is 7.53. The summed E-state index contributed by atoms with van der Waals surface area (Å²) in [6.07, 6.45) is 0. The molecule has 6 heteroatoms. The highest BCUT2D eigenvalue weighted by atomic mass is 79.9. The van der Waals surface area contributed by atoms with Crippen LogP contribution in [0.2, 0.25) is 5.02 Å². The van der Waals surface area contributed by atoms with Gasteiger partial charge < -0.3 is 9.84 Å². The fourth-order valence-corrected chi connectivity index (χ4v) is 2.70. The molecule has 2 aromatic rings. The molecule has 0 bridgehead atoms. The van der Waals surface area contributed by atoms with Crippen LogP contribution >= 0.6 is 43.5 Å². The number of carboxylic acids is 1. The highest BCUT2D eigenvalue weighted by Crippen LogP contribution is 2.25. The van der Waals surface area contributed by atoms with E-state index in [2.05, 4.69) is 31.9 Å². The molecule has 104 valence electrons. The van der Waals surface area contributed by atoms with E-state index in [4.69, 9.17) is 21.4 Å². The van der Waals surface area contributed by atoms with Crippen LogP contribution < -0.4 is 4.74 Å². The number of halogens is 3. The minimum atomic E-state index is -1.01. The van der Waals surface area contributed by atoms with Crippen LogP contribution in [0.4, 0.5) is 0 Å². The van der Waals surface area contributed by atoms with Crippen LogP contribution in [0.5, 0.6) is 5.75 Å². The third kappa shape index (κ3) is 3.75. The van der Waals surface area contributed by atoms with Gasteiger partial charge in [0.1, 0.15) is 12.4 Å². The number of rotatable bonds is 4. The van der Waals surface area contributed by atoms with E-state index < -0.39 is 5.97 Å². The molecule has 0 saturated heterocycles. The number of carboxylic acid groups (broad SMARTS) is 1. The molecule has 3 nitrogen and oxygen atoms in total. The second-order valence-electron chi connectivity index (χ2n) is 3.97. The Morgan fingerprint density at radius 1 is 1.20 bits per heavy atom. The van der Waals surface area contributed by atoms with Gasteiger partial charge in [-0.05, 0) is 46.3 Å². The van der Waals surface area contributed by atoms with Crippen LogP contribution in [-0.2, 0) is 6.61 Å². The zero-order valence-corrected chi connectivity index (χ0v) is 14.0. The van der Waals surface area contributed by atoms with Crippen molar-refractivity contribution in [3.63, 3.8) is 0 Å². The maximum absolute atomic E-state index is 11.0. The number of hydrogen-bond acceptors (Lipinski definition) is 2. The smallest absolute Gasteiger partial charge is 0.336 e. The molecular formula is C14H9Br2ClO3. The summed E-state index contributed by atoms with van der Waals surface area (Å²) in [4.78, 5) is 11.0. The number of ether oxygens (including phenoxy) is 1. The van der Waals surface area contributed by atoms with E-state index in [1.807, 2.05) is 12.1 Å². The lowest BCUT2D eigenvalue weighted by Crippen LogP contribution is -2.00. The molecular weight excluding hydrogens is 411 g/mol. The molecule has 0 aromatic heterocycles. The second-order valence-corrected chi connectivity index (χ2v) is 6.15. The summed E-state index contributed by atoms with van der Waals surface area (Å²) in [6, 6.07) is 10.3. The Morgan fingerprint density at radius 3 is 2.60 bits per heavy atom. The summed E-state index contributed by atoms with van der Waals surface area (Å²) in [5.74, 6) is -0.534. The van der Waals surface area contributed by atoms with Gasteiger partial charge in [0.2, 0.25) is 0 Å². The van der Waals surface area contributed by atoms with E-state index >= 15 is 0 Å². The van der Waals surface area contributed by atoms with E-state index in [0.29, 0.717) is 15.2 Å². The maximum atomic E-state index is 11.0. The van der Waals surface area contributed by atoms with Crippen molar-refractivity contribution in [1.29, 1.82) is 0 Å². The minimum Gasteiger partial charge on any atom is -0.489 e. The third-order valence-electron chi connectivity index (χ3n) is 2.58. The molecule has 0 atom stereocenters. The summed E-state index contributed by atoms with van der Waals surface area (Å²) in [5, 5.41) is 9.63. The molecule has 0 fully saturated rings. The Hall–Kier alpha value is -1.04. The molecule has 0 saturated carbocycles. The average molecular weight is 420 g/mol. The van der Waals surface area contributed by atoms with Crippen molar-refractivity contribution in [3.05, 3.63) is 61.5 Å². The predicted molar refractivity (Wildman–Crippen MR) is 84.6 cm³/mol. The van der Waals surface area contributed by atoms with Crippen LogP contribution in [0.1, 0.15) is 15.9 Å². The van der Waals surface area contributed by atoms with E-state index in [0.717, 1.165) is 10.0 Å². The summed E-state index contributed by atoms with van der Waals surface area (Å²) in [5.41, 5.74) is 0.985. The molecule has 0 aliphatic heterocycles. The summed E-state index contributed by atoms with van der Waals surface area (Å²) < 4.78 is 6.98. The van der Waals surface area contributed by atoms with Crippen molar-refractivity contribution in [2.24, 2.45) is 0 Å². The SMILES string of the molecule is O=C(O)c1cc(OCc2ccc(Br)cc2Cl)ccc1Br. The predicted octanol–water partition coefficient (Wildman–Crippen LogP) is 5.14. The number of aromatic carboxylic acids is 1. The normalized spacial score (nSPS) is 10.3. The molecule has 0 amide bonds. The first-order chi connectivity index (χ1) is 9.47. The molecule has 0 radical (unpaired) electrons. The third-order valence-corrected chi connectivity index (χ3v) is 4.11. The maximum Gasteiger partial charge on any atom is 0.336 e. The molecule has 0 spiro atoms. The summed E-state index contributed by atoms with van der Waals surface area (Å²) in [7, 11) is 0. The molecule has 0 unspecified atom stereocenters. The molecule has 20 heavy (non-hydrogen) atoms. The zero-order chi connectivity index (χ0) is 14.7. The lowest BCUT2D eigenvalue weighted by molar-refractivity contribution is 0.0695. The van der Waals surface area contributed by atoms with E-state index in [9.17, 15) is 4.79 Å². The van der Waals surface area contributed by atoms with Gasteiger partial charge in [-0.1, -0.05) is 33.6 Å². The van der Waals surface area contributed by atoms with E-state index in [-0.39, 0.29) is 12.2 Å². The lowest BCUT2D eigenvalue weighted by atomic mass is 10.2. The zero-order valence-electron chi connectivity index (χ0n) is 10.1. The van der Waals surface area contributed by atoms with Gasteiger partial charge in [0.25, 0.3) is 0 Å². The fraction of sp³-hybridized carbons (Fsp3) is 0.0714. The van der Waals surface area contributed by atoms with Gasteiger partial charge in [0, 0.05) is 19.5 Å². The Labute approximate surface area is 137 Å². The Kier molecular flexibility index (Phi) is 5.07. The van der Waals surface area contributed by atoms with Gasteiger partial charge in [0.15, 0.2) is 0 Å². The quantitative estimate of drug-likeness (QED) is 0.745. The molecule has 0 aliphatic carbocycles. The molecule has 2 rings (SSSR count). The summed E-state index contributed by atoms with van der Waals surface area (Å²) in [6.45, 7) is 0.271. The first-order valence-electron chi connectivity index (χ1n) is 5.57. The second kappa shape index (κ2) is 6.61. The molecule has 0 aliphatic rings. The van der Waals surface area contributed by atoms with Crippen molar-refractivity contribution in [2.75, 3.05) is 0 Å². The van der Waals surface area contributed by atoms with Crippen molar-refractivity contribution < 1.29 is 14.6 Å².